The Hall–Kier alpha value is -0.910. The van der Waals surface area contributed by atoms with Gasteiger partial charge in [0.05, 0.1) is 0 Å². The maximum Gasteiger partial charge on any atom is 0.408 e. The summed E-state index contributed by atoms with van der Waals surface area (Å²) < 4.78 is 4.77. The number of aliphatic carboxylic acids is 1. The lowest BCUT2D eigenvalue weighted by atomic mass is 10.2. The second kappa shape index (κ2) is 9.33. The largest absolute Gasteiger partial charge is 0.480 e. The quantitative estimate of drug-likeness (QED) is 0.802. The number of alkyl carbamates (subject to hydrolysis) is 1. The number of carboxylic acids is 1. The predicted octanol–water partition coefficient (Wildman–Crippen LogP) is 1.97. The van der Waals surface area contributed by atoms with Gasteiger partial charge in [-0.3, -0.25) is 4.79 Å². The molecule has 16 heavy (non-hydrogen) atoms. The summed E-state index contributed by atoms with van der Waals surface area (Å²) in [5.74, 6) is 0.140. The normalized spacial score (nSPS) is 9.81. The van der Waals surface area contributed by atoms with Gasteiger partial charge in [-0.05, 0) is 32.8 Å². The Morgan fingerprint density at radius 3 is 2.06 bits per heavy atom. The smallest absolute Gasteiger partial charge is 0.408 e. The number of carbonyl (C=O) groups excluding carboxylic acids is 1. The van der Waals surface area contributed by atoms with Crippen molar-refractivity contribution in [3.05, 3.63) is 0 Å². The van der Waals surface area contributed by atoms with Crippen LogP contribution in [0.3, 0.4) is 0 Å². The summed E-state index contributed by atoms with van der Waals surface area (Å²) in [6.07, 6.45) is 1.38. The zero-order chi connectivity index (χ0) is 13.2. The number of hydrogen-bond acceptors (Lipinski definition) is 4. The highest BCUT2D eigenvalue weighted by molar-refractivity contribution is 7.98. The third-order valence-electron chi connectivity index (χ3n) is 1.07. The van der Waals surface area contributed by atoms with Crippen LogP contribution in [0.5, 0.6) is 0 Å². The summed E-state index contributed by atoms with van der Waals surface area (Å²) >= 11 is 1.86. The maximum atomic E-state index is 10.8. The topological polar surface area (TPSA) is 75.6 Å². The predicted molar refractivity (Wildman–Crippen MR) is 65.9 cm³/mol. The first kappa shape index (κ1) is 17.5. The van der Waals surface area contributed by atoms with Crippen molar-refractivity contribution in [2.75, 3.05) is 18.6 Å². The Morgan fingerprint density at radius 1 is 1.38 bits per heavy atom. The molecule has 0 heterocycles. The third-order valence-corrected chi connectivity index (χ3v) is 1.65. The van der Waals surface area contributed by atoms with Crippen LogP contribution >= 0.6 is 11.8 Å². The van der Waals surface area contributed by atoms with Crippen LogP contribution in [0.2, 0.25) is 0 Å². The minimum absolute atomic E-state index is 0.422. The molecule has 0 aliphatic carbocycles. The van der Waals surface area contributed by atoms with E-state index in [4.69, 9.17) is 9.84 Å². The van der Waals surface area contributed by atoms with Crippen molar-refractivity contribution in [2.24, 2.45) is 0 Å². The van der Waals surface area contributed by atoms with Crippen LogP contribution in [0, 0.1) is 0 Å². The van der Waals surface area contributed by atoms with E-state index >= 15 is 0 Å². The molecule has 0 aromatic carbocycles. The first-order valence-electron chi connectivity index (χ1n) is 4.90. The molecule has 96 valence electrons. The van der Waals surface area contributed by atoms with Gasteiger partial charge in [0.2, 0.25) is 0 Å². The van der Waals surface area contributed by atoms with Gasteiger partial charge < -0.3 is 15.2 Å². The third kappa shape index (κ3) is 18.8. The van der Waals surface area contributed by atoms with Crippen molar-refractivity contribution in [3.63, 3.8) is 0 Å². The van der Waals surface area contributed by atoms with Crippen molar-refractivity contribution < 1.29 is 19.4 Å². The van der Waals surface area contributed by atoms with E-state index in [0.29, 0.717) is 0 Å². The van der Waals surface area contributed by atoms with Crippen molar-refractivity contribution in [3.8, 4) is 0 Å². The first-order valence-corrected chi connectivity index (χ1v) is 6.30. The summed E-state index contributed by atoms with van der Waals surface area (Å²) in [5, 5.41) is 10.3. The van der Waals surface area contributed by atoms with Crippen LogP contribution in [-0.4, -0.2) is 41.3 Å². The number of amides is 1. The summed E-state index contributed by atoms with van der Waals surface area (Å²) in [7, 11) is 0. The van der Waals surface area contributed by atoms with Crippen LogP contribution in [0.4, 0.5) is 4.79 Å². The van der Waals surface area contributed by atoms with Crippen molar-refractivity contribution >= 4 is 23.8 Å². The van der Waals surface area contributed by atoms with E-state index < -0.39 is 24.2 Å². The molecule has 0 radical (unpaired) electrons. The zero-order valence-corrected chi connectivity index (χ0v) is 11.3. The van der Waals surface area contributed by atoms with Gasteiger partial charge in [0.25, 0.3) is 0 Å². The molecule has 0 fully saturated rings. The van der Waals surface area contributed by atoms with E-state index in [-0.39, 0.29) is 0 Å². The van der Waals surface area contributed by atoms with Crippen molar-refractivity contribution in [1.82, 2.24) is 5.32 Å². The van der Waals surface area contributed by atoms with Gasteiger partial charge in [-0.25, -0.2) is 4.79 Å². The SMILES string of the molecule is CC(C)(C)OC(=O)NCC(=O)O.CCSC. The molecule has 5 nitrogen and oxygen atoms in total. The highest BCUT2D eigenvalue weighted by Crippen LogP contribution is 2.05. The lowest BCUT2D eigenvalue weighted by Crippen LogP contribution is -2.35. The second-order valence-electron chi connectivity index (χ2n) is 3.83. The summed E-state index contributed by atoms with van der Waals surface area (Å²) in [4.78, 5) is 20.8. The summed E-state index contributed by atoms with van der Waals surface area (Å²) in [5.41, 5.74) is -0.595. The molecule has 0 aromatic heterocycles. The fourth-order valence-corrected chi connectivity index (χ4v) is 0.462. The van der Waals surface area contributed by atoms with Crippen molar-refractivity contribution in [2.45, 2.75) is 33.3 Å². The van der Waals surface area contributed by atoms with Crippen LogP contribution in [0.25, 0.3) is 0 Å². The van der Waals surface area contributed by atoms with E-state index in [1.165, 1.54) is 5.75 Å². The average Bonchev–Trinajstić information content (AvgIpc) is 2.12. The molecule has 0 bridgehead atoms. The Morgan fingerprint density at radius 2 is 1.81 bits per heavy atom. The lowest BCUT2D eigenvalue weighted by Gasteiger charge is -2.19. The number of thioether (sulfide) groups is 1. The van der Waals surface area contributed by atoms with Crippen LogP contribution in [-0.2, 0) is 9.53 Å². The highest BCUT2D eigenvalue weighted by Gasteiger charge is 2.15. The standard InChI is InChI=1S/C7H13NO4.C3H8S/c1-7(2,3)12-6(11)8-4-5(9)10;1-3-4-2/h4H2,1-3H3,(H,8,11)(H,9,10);3H2,1-2H3. The lowest BCUT2D eigenvalue weighted by molar-refractivity contribution is -0.136. The molecule has 0 unspecified atom stereocenters. The molecule has 0 rings (SSSR count). The Balaban J connectivity index is 0. The minimum atomic E-state index is -1.10. The van der Waals surface area contributed by atoms with Crippen LogP contribution in [0.15, 0.2) is 0 Å². The molecule has 0 atom stereocenters. The fraction of sp³-hybridized carbons (Fsp3) is 0.800. The number of rotatable bonds is 3. The van der Waals surface area contributed by atoms with E-state index in [0.717, 1.165) is 0 Å². The van der Waals surface area contributed by atoms with Crippen molar-refractivity contribution in [1.29, 1.82) is 0 Å². The zero-order valence-electron chi connectivity index (χ0n) is 10.5. The van der Waals surface area contributed by atoms with Crippen LogP contribution < -0.4 is 5.32 Å². The molecule has 1 amide bonds. The molecule has 0 aliphatic rings. The summed E-state index contributed by atoms with van der Waals surface area (Å²) in [6, 6.07) is 0. The molecular weight excluding hydrogens is 230 g/mol. The maximum absolute atomic E-state index is 10.8. The summed E-state index contributed by atoms with van der Waals surface area (Å²) in [6.45, 7) is 6.83. The van der Waals surface area contributed by atoms with Gasteiger partial charge in [-0.2, -0.15) is 11.8 Å². The molecule has 6 heteroatoms. The first-order chi connectivity index (χ1) is 7.22. The average molecular weight is 251 g/mol. The molecule has 0 aliphatic heterocycles. The molecular formula is C10H21NO4S. The van der Waals surface area contributed by atoms with E-state index in [1.54, 1.807) is 20.8 Å². The molecule has 0 saturated carbocycles. The monoisotopic (exact) mass is 251 g/mol. The van der Waals surface area contributed by atoms with Crippen LogP contribution in [0.1, 0.15) is 27.7 Å². The fourth-order valence-electron chi connectivity index (χ4n) is 0.462. The number of carboxylic acid groups (broad SMARTS) is 1. The second-order valence-corrected chi connectivity index (χ2v) is 4.98. The molecule has 0 spiro atoms. The van der Waals surface area contributed by atoms with E-state index in [2.05, 4.69) is 18.5 Å². The van der Waals surface area contributed by atoms with Gasteiger partial charge in [-0.1, -0.05) is 6.92 Å². The van der Waals surface area contributed by atoms with Gasteiger partial charge in [0.15, 0.2) is 0 Å². The number of carbonyl (C=O) groups is 2. The van der Waals surface area contributed by atoms with Gasteiger partial charge >= 0.3 is 12.1 Å². The Bertz CT molecular complexity index is 211. The number of nitrogens with one attached hydrogen (secondary N) is 1. The molecule has 2 N–H and O–H groups in total. The molecule has 0 aromatic rings. The number of hydrogen-bond donors (Lipinski definition) is 2. The Labute approximate surface area is 101 Å². The van der Waals surface area contributed by atoms with E-state index in [1.807, 2.05) is 11.8 Å². The van der Waals surface area contributed by atoms with E-state index in [9.17, 15) is 9.59 Å². The minimum Gasteiger partial charge on any atom is -0.480 e. The van der Waals surface area contributed by atoms with Gasteiger partial charge in [0, 0.05) is 0 Å². The Kier molecular flexibility index (Phi) is 10.2. The van der Waals surface area contributed by atoms with Gasteiger partial charge in [0.1, 0.15) is 12.1 Å². The number of ether oxygens (including phenoxy) is 1. The highest BCUT2D eigenvalue weighted by atomic mass is 32.2. The van der Waals surface area contributed by atoms with Gasteiger partial charge in [-0.15, -0.1) is 0 Å². The molecule has 0 saturated heterocycles.